The summed E-state index contributed by atoms with van der Waals surface area (Å²) >= 11 is 0. The molecule has 0 aromatic heterocycles. The standard InChI is InChI=1S/Au.Ga.In.Sn. The average molecular weight is 500 g/mol. The zero-order valence-corrected chi connectivity index (χ0v) is 12.7. The molecule has 0 aromatic carbocycles. The fraction of sp³-hybridized carbons (Fsp3) is 0. The van der Waals surface area contributed by atoms with Gasteiger partial charge in [-0.2, -0.15) is 0 Å². The molecule has 0 amide bonds. The van der Waals surface area contributed by atoms with Crippen molar-refractivity contribution in [2.24, 2.45) is 0 Å². The zero-order valence-electron chi connectivity index (χ0n) is 1.96. The van der Waals surface area contributed by atoms with Crippen LogP contribution in [0.15, 0.2) is 0 Å². The van der Waals surface area contributed by atoms with Gasteiger partial charge in [0.1, 0.15) is 0 Å². The maximum Gasteiger partial charge on any atom is 0 e. The molecule has 0 atom stereocenters. The fourth-order valence-corrected chi connectivity index (χ4v) is 0. The van der Waals surface area contributed by atoms with Crippen molar-refractivity contribution >= 4 is 69.5 Å². The van der Waals surface area contributed by atoms with Crippen LogP contribution in [-0.4, -0.2) is 69.5 Å². The molecular weight excluding hydrogens is 500 g/mol. The second-order valence-electron chi connectivity index (χ2n) is 0. The molecule has 0 rings (SSSR count). The van der Waals surface area contributed by atoms with Crippen LogP contribution in [0.2, 0.25) is 0 Å². The van der Waals surface area contributed by atoms with Gasteiger partial charge in [-0.05, 0) is 0 Å². The van der Waals surface area contributed by atoms with Crippen LogP contribution in [0.25, 0.3) is 0 Å². The SMILES string of the molecule is [Au].[Ga].[In].[Sn]. The van der Waals surface area contributed by atoms with E-state index in [0.717, 1.165) is 0 Å². The molecule has 0 N–H and O–H groups in total. The maximum absolute atomic E-state index is 0. The summed E-state index contributed by atoms with van der Waals surface area (Å²) in [6, 6.07) is 0. The molecule has 0 saturated heterocycles. The summed E-state index contributed by atoms with van der Waals surface area (Å²) in [5.74, 6) is 0. The quantitative estimate of drug-likeness (QED) is 0.369. The van der Waals surface area contributed by atoms with Crippen molar-refractivity contribution < 1.29 is 22.4 Å². The minimum absolute atomic E-state index is 0. The van der Waals surface area contributed by atoms with Crippen LogP contribution >= 0.6 is 0 Å². The number of hydrogen-bond acceptors (Lipinski definition) is 0. The first kappa shape index (κ1) is 27.8. The van der Waals surface area contributed by atoms with Crippen LogP contribution in [-0.2, 0) is 22.4 Å². The predicted molar refractivity (Wildman–Crippen MR) is 17.3 cm³/mol. The van der Waals surface area contributed by atoms with Crippen molar-refractivity contribution in [1.29, 1.82) is 0 Å². The molecule has 11 radical (unpaired) electrons. The third-order valence-electron chi connectivity index (χ3n) is 0. The monoisotopic (exact) mass is 501 g/mol. The van der Waals surface area contributed by atoms with Crippen LogP contribution in [0.5, 0.6) is 0 Å². The smallest absolute Gasteiger partial charge is 0 e. The van der Waals surface area contributed by atoms with Crippen molar-refractivity contribution in [3.63, 3.8) is 0 Å². The molecule has 0 saturated carbocycles. The minimum Gasteiger partial charge on any atom is 0 e. The second-order valence-corrected chi connectivity index (χ2v) is 0. The van der Waals surface area contributed by atoms with E-state index in [-0.39, 0.29) is 91.9 Å². The molecule has 0 aromatic rings. The summed E-state index contributed by atoms with van der Waals surface area (Å²) < 4.78 is 0. The third kappa shape index (κ3) is 8.90. The van der Waals surface area contributed by atoms with Gasteiger partial charge in [0.05, 0.1) is 0 Å². The summed E-state index contributed by atoms with van der Waals surface area (Å²) in [4.78, 5) is 0. The van der Waals surface area contributed by atoms with E-state index in [1.165, 1.54) is 0 Å². The van der Waals surface area contributed by atoms with Crippen LogP contribution in [0, 0.1) is 0 Å². The molecule has 0 aliphatic rings. The molecule has 0 unspecified atom stereocenters. The Kier molecular flexibility index (Phi) is 115. The summed E-state index contributed by atoms with van der Waals surface area (Å²) in [6.07, 6.45) is 0. The van der Waals surface area contributed by atoms with Crippen LogP contribution in [0.4, 0.5) is 0 Å². The minimum atomic E-state index is 0. The van der Waals surface area contributed by atoms with Gasteiger partial charge in [-0.25, -0.2) is 0 Å². The largest absolute Gasteiger partial charge is 0 e. The number of rotatable bonds is 0. The van der Waals surface area contributed by atoms with Gasteiger partial charge in [0.25, 0.3) is 0 Å². The van der Waals surface area contributed by atoms with E-state index in [1.807, 2.05) is 0 Å². The van der Waals surface area contributed by atoms with E-state index < -0.39 is 0 Å². The first-order valence-electron chi connectivity index (χ1n) is 0. The van der Waals surface area contributed by atoms with E-state index in [9.17, 15) is 0 Å². The van der Waals surface area contributed by atoms with Gasteiger partial charge in [0.15, 0.2) is 0 Å². The van der Waals surface area contributed by atoms with Crippen molar-refractivity contribution in [2.45, 2.75) is 0 Å². The molecule has 4 heteroatoms. The van der Waals surface area contributed by atoms with Crippen molar-refractivity contribution in [1.82, 2.24) is 0 Å². The van der Waals surface area contributed by atoms with Crippen molar-refractivity contribution in [2.75, 3.05) is 0 Å². The Bertz CT molecular complexity index is 8.00. The maximum atomic E-state index is 0. The predicted octanol–water partition coefficient (Wildman–Crippen LogP) is -1.14. The van der Waals surface area contributed by atoms with Crippen LogP contribution < -0.4 is 0 Å². The topological polar surface area (TPSA) is 0 Å². The van der Waals surface area contributed by atoms with Crippen molar-refractivity contribution in [3.05, 3.63) is 0 Å². The van der Waals surface area contributed by atoms with Gasteiger partial charge in [-0.15, -0.1) is 0 Å². The molecule has 0 spiro atoms. The number of hydrogen-bond donors (Lipinski definition) is 0. The molecule has 0 bridgehead atoms. The molecule has 0 fully saturated rings. The Hall–Kier alpha value is 3.05. The molecule has 0 heterocycles. The normalized spacial score (nSPS) is 0. The fourth-order valence-electron chi connectivity index (χ4n) is 0. The summed E-state index contributed by atoms with van der Waals surface area (Å²) in [6.45, 7) is 0. The zero-order chi connectivity index (χ0) is 0. The van der Waals surface area contributed by atoms with E-state index >= 15 is 0 Å². The molecule has 21 valence electrons. The summed E-state index contributed by atoms with van der Waals surface area (Å²) in [7, 11) is 0. The summed E-state index contributed by atoms with van der Waals surface area (Å²) in [5, 5.41) is 0. The van der Waals surface area contributed by atoms with Gasteiger partial charge in [0.2, 0.25) is 0 Å². The Morgan fingerprint density at radius 1 is 1.00 bits per heavy atom. The molecule has 0 nitrogen and oxygen atoms in total. The summed E-state index contributed by atoms with van der Waals surface area (Å²) in [5.41, 5.74) is 0. The molecule has 0 aliphatic carbocycles. The van der Waals surface area contributed by atoms with Crippen LogP contribution in [0.3, 0.4) is 0 Å². The Balaban J connectivity index is 0. The Morgan fingerprint density at radius 2 is 1.00 bits per heavy atom. The Labute approximate surface area is 90.2 Å². The van der Waals surface area contributed by atoms with Gasteiger partial charge in [-0.1, -0.05) is 0 Å². The van der Waals surface area contributed by atoms with Gasteiger partial charge >= 0.3 is 0 Å². The van der Waals surface area contributed by atoms with E-state index in [0.29, 0.717) is 0 Å². The molecular formula is AuGaInSn. The molecule has 0 aliphatic heterocycles. The van der Waals surface area contributed by atoms with E-state index in [1.54, 1.807) is 0 Å². The second kappa shape index (κ2) is 16.6. The van der Waals surface area contributed by atoms with E-state index in [2.05, 4.69) is 0 Å². The third-order valence-corrected chi connectivity index (χ3v) is 0. The van der Waals surface area contributed by atoms with Crippen molar-refractivity contribution in [3.8, 4) is 0 Å². The van der Waals surface area contributed by atoms with Gasteiger partial charge in [-0.3, -0.25) is 0 Å². The van der Waals surface area contributed by atoms with Gasteiger partial charge in [0, 0.05) is 91.9 Å². The first-order valence-corrected chi connectivity index (χ1v) is 0. The average Bonchev–Trinajstić information content (AvgIpc) is 0. The van der Waals surface area contributed by atoms with Gasteiger partial charge < -0.3 is 0 Å². The van der Waals surface area contributed by atoms with Crippen LogP contribution in [0.1, 0.15) is 0 Å². The molecule has 4 heavy (non-hydrogen) atoms. The Morgan fingerprint density at radius 3 is 1.00 bits per heavy atom. The van der Waals surface area contributed by atoms with E-state index in [4.69, 9.17) is 0 Å². The first-order chi connectivity index (χ1) is 0.